The molecule has 1 amide bonds. The first-order valence-corrected chi connectivity index (χ1v) is 6.63. The number of Topliss-reactive ketones (excluding diaryl/α,β-unsaturated/α-hetero) is 1. The van der Waals surface area contributed by atoms with Crippen molar-refractivity contribution in [3.63, 3.8) is 0 Å². The summed E-state index contributed by atoms with van der Waals surface area (Å²) in [5, 5.41) is 2.77. The highest BCUT2D eigenvalue weighted by atomic mass is 79.9. The van der Waals surface area contributed by atoms with Gasteiger partial charge in [0, 0.05) is 23.4 Å². The van der Waals surface area contributed by atoms with Gasteiger partial charge in [-0.1, -0.05) is 15.9 Å². The van der Waals surface area contributed by atoms with E-state index in [2.05, 4.69) is 21.2 Å². The van der Waals surface area contributed by atoms with Crippen LogP contribution in [0.25, 0.3) is 0 Å². The minimum absolute atomic E-state index is 0.0294. The Bertz CT molecular complexity index is 480. The normalized spacial score (nSPS) is 16.7. The van der Waals surface area contributed by atoms with E-state index >= 15 is 0 Å². The number of nitrogens with one attached hydrogen (secondary N) is 1. The highest BCUT2D eigenvalue weighted by Gasteiger charge is 2.21. The number of carbonyl (C=O) groups is 2. The molecule has 18 heavy (non-hydrogen) atoms. The zero-order chi connectivity index (χ0) is 13.1. The van der Waals surface area contributed by atoms with Crippen LogP contribution in [0.15, 0.2) is 22.7 Å². The first kappa shape index (κ1) is 13.2. The minimum Gasteiger partial charge on any atom is -0.349 e. The van der Waals surface area contributed by atoms with Crippen LogP contribution in [0.2, 0.25) is 0 Å². The Balaban J connectivity index is 2.01. The molecule has 1 N–H and O–H groups in total. The molecule has 1 aromatic rings. The van der Waals surface area contributed by atoms with Crippen LogP contribution in [0.4, 0.5) is 4.39 Å². The molecule has 0 bridgehead atoms. The maximum Gasteiger partial charge on any atom is 0.254 e. The summed E-state index contributed by atoms with van der Waals surface area (Å²) in [7, 11) is 0. The summed E-state index contributed by atoms with van der Waals surface area (Å²) >= 11 is 3.14. The number of amides is 1. The molecule has 5 heteroatoms. The molecule has 0 unspecified atom stereocenters. The Kier molecular flexibility index (Phi) is 4.11. The Morgan fingerprint density at radius 2 is 2.00 bits per heavy atom. The van der Waals surface area contributed by atoms with Crippen LogP contribution < -0.4 is 5.32 Å². The van der Waals surface area contributed by atoms with E-state index in [0.717, 1.165) is 0 Å². The summed E-state index contributed by atoms with van der Waals surface area (Å²) in [6.45, 7) is 0. The summed E-state index contributed by atoms with van der Waals surface area (Å²) in [6.07, 6.45) is 2.27. The van der Waals surface area contributed by atoms with Crippen LogP contribution >= 0.6 is 15.9 Å². The van der Waals surface area contributed by atoms with Gasteiger partial charge in [0.1, 0.15) is 11.6 Å². The van der Waals surface area contributed by atoms with E-state index in [1.54, 1.807) is 6.07 Å². The maximum absolute atomic E-state index is 13.6. The van der Waals surface area contributed by atoms with Crippen molar-refractivity contribution in [3.05, 3.63) is 34.1 Å². The second kappa shape index (κ2) is 5.61. The van der Waals surface area contributed by atoms with Gasteiger partial charge in [0.2, 0.25) is 0 Å². The maximum atomic E-state index is 13.6. The average molecular weight is 314 g/mol. The van der Waals surface area contributed by atoms with E-state index in [0.29, 0.717) is 30.2 Å². The number of halogens is 2. The van der Waals surface area contributed by atoms with Gasteiger partial charge < -0.3 is 5.32 Å². The Labute approximate surface area is 113 Å². The Morgan fingerprint density at radius 3 is 2.61 bits per heavy atom. The van der Waals surface area contributed by atoms with Gasteiger partial charge in [0.25, 0.3) is 5.91 Å². The molecule has 0 saturated heterocycles. The first-order valence-electron chi connectivity index (χ1n) is 5.84. The van der Waals surface area contributed by atoms with Crippen molar-refractivity contribution in [3.8, 4) is 0 Å². The van der Waals surface area contributed by atoms with Gasteiger partial charge in [-0.25, -0.2) is 4.39 Å². The van der Waals surface area contributed by atoms with Crippen molar-refractivity contribution < 1.29 is 14.0 Å². The number of hydrogen-bond donors (Lipinski definition) is 1. The molecule has 1 aliphatic rings. The molecule has 0 spiro atoms. The van der Waals surface area contributed by atoms with Crippen LogP contribution in [0.3, 0.4) is 0 Å². The molecule has 1 saturated carbocycles. The van der Waals surface area contributed by atoms with Gasteiger partial charge in [-0.15, -0.1) is 0 Å². The topological polar surface area (TPSA) is 46.2 Å². The second-order valence-electron chi connectivity index (χ2n) is 4.41. The SMILES string of the molecule is O=C1CCC(NC(=O)c2ccc(Br)cc2F)CC1. The Morgan fingerprint density at radius 1 is 1.33 bits per heavy atom. The van der Waals surface area contributed by atoms with Crippen LogP contribution in [0.1, 0.15) is 36.0 Å². The third-order valence-electron chi connectivity index (χ3n) is 3.05. The second-order valence-corrected chi connectivity index (χ2v) is 5.33. The fraction of sp³-hybridized carbons (Fsp3) is 0.385. The van der Waals surface area contributed by atoms with Gasteiger partial charge >= 0.3 is 0 Å². The molecule has 96 valence electrons. The average Bonchev–Trinajstić information content (AvgIpc) is 2.32. The quantitative estimate of drug-likeness (QED) is 0.912. The third-order valence-corrected chi connectivity index (χ3v) is 3.55. The fourth-order valence-electron chi connectivity index (χ4n) is 2.02. The summed E-state index contributed by atoms with van der Waals surface area (Å²) in [5.41, 5.74) is 0.0371. The molecule has 1 aromatic carbocycles. The molecule has 0 aromatic heterocycles. The van der Waals surface area contributed by atoms with E-state index in [-0.39, 0.29) is 17.4 Å². The number of ketones is 1. The fourth-order valence-corrected chi connectivity index (χ4v) is 2.35. The molecule has 0 aliphatic heterocycles. The number of benzene rings is 1. The smallest absolute Gasteiger partial charge is 0.254 e. The number of rotatable bonds is 2. The van der Waals surface area contributed by atoms with Crippen molar-refractivity contribution >= 4 is 27.6 Å². The molecular weight excluding hydrogens is 301 g/mol. The summed E-state index contributed by atoms with van der Waals surface area (Å²) < 4.78 is 14.2. The molecular formula is C13H13BrFNO2. The van der Waals surface area contributed by atoms with Crippen molar-refractivity contribution in [2.24, 2.45) is 0 Å². The van der Waals surface area contributed by atoms with E-state index in [4.69, 9.17) is 0 Å². The standard InChI is InChI=1S/C13H13BrFNO2/c14-8-1-6-11(12(15)7-8)13(18)16-9-2-4-10(17)5-3-9/h1,6-7,9H,2-5H2,(H,16,18). The summed E-state index contributed by atoms with van der Waals surface area (Å²) in [6, 6.07) is 4.31. The lowest BCUT2D eigenvalue weighted by molar-refractivity contribution is -0.120. The van der Waals surface area contributed by atoms with Gasteiger partial charge in [-0.05, 0) is 31.0 Å². The van der Waals surface area contributed by atoms with Crippen LogP contribution in [0, 0.1) is 5.82 Å². The molecule has 0 heterocycles. The van der Waals surface area contributed by atoms with E-state index < -0.39 is 11.7 Å². The van der Waals surface area contributed by atoms with Crippen molar-refractivity contribution in [1.82, 2.24) is 5.32 Å². The zero-order valence-electron chi connectivity index (χ0n) is 9.71. The monoisotopic (exact) mass is 313 g/mol. The number of carbonyl (C=O) groups excluding carboxylic acids is 2. The van der Waals surface area contributed by atoms with E-state index in [9.17, 15) is 14.0 Å². The van der Waals surface area contributed by atoms with Gasteiger partial charge in [-0.3, -0.25) is 9.59 Å². The predicted molar refractivity (Wildman–Crippen MR) is 68.8 cm³/mol. The number of hydrogen-bond acceptors (Lipinski definition) is 2. The van der Waals surface area contributed by atoms with Crippen molar-refractivity contribution in [2.45, 2.75) is 31.7 Å². The van der Waals surface area contributed by atoms with E-state index in [1.165, 1.54) is 12.1 Å². The molecule has 1 aliphatic carbocycles. The lowest BCUT2D eigenvalue weighted by atomic mass is 9.94. The van der Waals surface area contributed by atoms with Crippen LogP contribution in [0.5, 0.6) is 0 Å². The van der Waals surface area contributed by atoms with Crippen molar-refractivity contribution in [1.29, 1.82) is 0 Å². The van der Waals surface area contributed by atoms with Crippen LogP contribution in [-0.2, 0) is 4.79 Å². The third kappa shape index (κ3) is 3.16. The molecule has 1 fully saturated rings. The zero-order valence-corrected chi connectivity index (χ0v) is 11.3. The lowest BCUT2D eigenvalue weighted by Gasteiger charge is -2.22. The van der Waals surface area contributed by atoms with Gasteiger partial charge in [0.05, 0.1) is 5.56 Å². The van der Waals surface area contributed by atoms with Gasteiger partial charge in [0.15, 0.2) is 0 Å². The summed E-state index contributed by atoms with van der Waals surface area (Å²) in [4.78, 5) is 23.0. The summed E-state index contributed by atoms with van der Waals surface area (Å²) in [5.74, 6) is -0.733. The molecule has 2 rings (SSSR count). The van der Waals surface area contributed by atoms with E-state index in [1.807, 2.05) is 0 Å². The minimum atomic E-state index is -0.547. The highest BCUT2D eigenvalue weighted by Crippen LogP contribution is 2.18. The predicted octanol–water partition coefficient (Wildman–Crippen LogP) is 2.83. The lowest BCUT2D eigenvalue weighted by Crippen LogP contribution is -2.38. The van der Waals surface area contributed by atoms with Crippen LogP contribution in [-0.4, -0.2) is 17.7 Å². The highest BCUT2D eigenvalue weighted by molar-refractivity contribution is 9.10. The molecule has 0 atom stereocenters. The largest absolute Gasteiger partial charge is 0.349 e. The van der Waals surface area contributed by atoms with Gasteiger partial charge in [-0.2, -0.15) is 0 Å². The van der Waals surface area contributed by atoms with Crippen molar-refractivity contribution in [2.75, 3.05) is 0 Å². The Hall–Kier alpha value is -1.23. The molecule has 3 nitrogen and oxygen atoms in total. The molecule has 0 radical (unpaired) electrons. The first-order chi connectivity index (χ1) is 8.56.